The predicted molar refractivity (Wildman–Crippen MR) is 142 cm³/mol. The van der Waals surface area contributed by atoms with Crippen molar-refractivity contribution in [3.8, 4) is 0 Å². The van der Waals surface area contributed by atoms with Crippen LogP contribution in [0.15, 0.2) is 0 Å². The van der Waals surface area contributed by atoms with Gasteiger partial charge >= 0.3 is 8.25 Å². The lowest BCUT2D eigenvalue weighted by Crippen LogP contribution is -2.09. The molecule has 0 aliphatic rings. The third kappa shape index (κ3) is 21.8. The molecule has 0 fully saturated rings. The van der Waals surface area contributed by atoms with Gasteiger partial charge in [-0.3, -0.25) is 0 Å². The Balaban J connectivity index is 3.72. The van der Waals surface area contributed by atoms with Crippen LogP contribution in [0.2, 0.25) is 0 Å². The van der Waals surface area contributed by atoms with Crippen LogP contribution in [-0.2, 0) is 13.6 Å². The molecule has 0 N–H and O–H groups in total. The van der Waals surface area contributed by atoms with Crippen molar-refractivity contribution in [1.82, 2.24) is 0 Å². The number of rotatable bonds is 26. The molecule has 0 aromatic carbocycles. The molecule has 0 radical (unpaired) electrons. The van der Waals surface area contributed by atoms with Gasteiger partial charge in [0.05, 0.1) is 0 Å². The first kappa shape index (κ1) is 32.0. The second-order valence-corrected chi connectivity index (χ2v) is 10.9. The summed E-state index contributed by atoms with van der Waals surface area (Å²) in [5.74, 6) is 1.02. The lowest BCUT2D eigenvalue weighted by Gasteiger charge is -2.12. The van der Waals surface area contributed by atoms with Crippen LogP contribution in [0, 0.1) is 11.8 Å². The Bertz CT molecular complexity index is 355. The first-order chi connectivity index (χ1) is 15.7. The smallest absolute Gasteiger partial charge is 0.119 e. The first-order valence-corrected chi connectivity index (χ1v) is 15.5. The lowest BCUT2D eigenvalue weighted by molar-refractivity contribution is 0.166. The zero-order valence-corrected chi connectivity index (χ0v) is 23.3. The Morgan fingerprint density at radius 2 is 0.812 bits per heavy atom. The minimum absolute atomic E-state index is 0.511. The second kappa shape index (κ2) is 25.6. The molecular weight excluding hydrogens is 415 g/mol. The van der Waals surface area contributed by atoms with Gasteiger partial charge < -0.3 is 0 Å². The summed E-state index contributed by atoms with van der Waals surface area (Å²) in [6, 6.07) is 0. The fourth-order valence-corrected chi connectivity index (χ4v) is 5.05. The van der Waals surface area contributed by atoms with Crippen molar-refractivity contribution < 1.29 is 13.6 Å². The van der Waals surface area contributed by atoms with Gasteiger partial charge in [-0.15, -0.1) is 9.05 Å². The summed E-state index contributed by atoms with van der Waals surface area (Å²) in [7, 11) is -1.97. The summed E-state index contributed by atoms with van der Waals surface area (Å²) in [5.41, 5.74) is 0. The standard InChI is InChI=1S/C28H58O3P/c1-5-9-11-13-15-17-19-21-23-27(7-3)25-30-32(29)31-26-28(8-4)24-22-20-18-16-14-12-10-6-2/h27-28H,5-26H2,1-4H3/q+1. The summed E-state index contributed by atoms with van der Waals surface area (Å²) >= 11 is 0. The van der Waals surface area contributed by atoms with Gasteiger partial charge in [0.1, 0.15) is 13.2 Å². The average molecular weight is 474 g/mol. The molecule has 192 valence electrons. The largest absolute Gasteiger partial charge is 0.697 e. The molecule has 0 aliphatic heterocycles. The quantitative estimate of drug-likeness (QED) is 0.0925. The van der Waals surface area contributed by atoms with E-state index in [1.807, 2.05) is 0 Å². The lowest BCUT2D eigenvalue weighted by atomic mass is 9.98. The van der Waals surface area contributed by atoms with E-state index in [4.69, 9.17) is 9.05 Å². The van der Waals surface area contributed by atoms with Crippen LogP contribution in [0.5, 0.6) is 0 Å². The molecular formula is C28H58O3P+. The summed E-state index contributed by atoms with van der Waals surface area (Å²) < 4.78 is 23.4. The van der Waals surface area contributed by atoms with E-state index in [2.05, 4.69) is 27.7 Å². The minimum Gasteiger partial charge on any atom is -0.119 e. The van der Waals surface area contributed by atoms with Crippen LogP contribution in [0.1, 0.15) is 156 Å². The first-order valence-electron chi connectivity index (χ1n) is 14.4. The fourth-order valence-electron chi connectivity index (χ4n) is 4.31. The van der Waals surface area contributed by atoms with Crippen LogP contribution in [-0.4, -0.2) is 13.2 Å². The maximum absolute atomic E-state index is 12.2. The molecule has 32 heavy (non-hydrogen) atoms. The van der Waals surface area contributed by atoms with E-state index in [9.17, 15) is 4.57 Å². The molecule has 3 nitrogen and oxygen atoms in total. The molecule has 2 unspecified atom stereocenters. The van der Waals surface area contributed by atoms with Gasteiger partial charge in [0, 0.05) is 4.57 Å². The molecule has 0 bridgehead atoms. The van der Waals surface area contributed by atoms with Crippen LogP contribution in [0.3, 0.4) is 0 Å². The second-order valence-electron chi connectivity index (χ2n) is 9.89. The van der Waals surface area contributed by atoms with Gasteiger partial charge in [-0.1, -0.05) is 143 Å². The molecule has 0 aliphatic carbocycles. The molecule has 4 heteroatoms. The summed E-state index contributed by atoms with van der Waals surface area (Å²) in [6.07, 6.45) is 26.2. The average Bonchev–Trinajstić information content (AvgIpc) is 2.81. The molecule has 0 saturated carbocycles. The van der Waals surface area contributed by atoms with E-state index in [1.165, 1.54) is 116 Å². The monoisotopic (exact) mass is 473 g/mol. The SMILES string of the molecule is CCCCCCCCCCC(CC)CO[P+](=O)OCC(CC)CCCCCCCCCC. The van der Waals surface area contributed by atoms with E-state index < -0.39 is 8.25 Å². The van der Waals surface area contributed by atoms with Crippen molar-refractivity contribution in [3.05, 3.63) is 0 Å². The van der Waals surface area contributed by atoms with Gasteiger partial charge in [-0.2, -0.15) is 0 Å². The zero-order chi connectivity index (χ0) is 23.7. The third-order valence-electron chi connectivity index (χ3n) is 6.92. The van der Waals surface area contributed by atoms with Gasteiger partial charge in [-0.05, 0) is 24.7 Å². The van der Waals surface area contributed by atoms with Crippen molar-refractivity contribution in [2.45, 2.75) is 156 Å². The normalized spacial score (nSPS) is 13.9. The van der Waals surface area contributed by atoms with E-state index >= 15 is 0 Å². The van der Waals surface area contributed by atoms with Crippen LogP contribution in [0.25, 0.3) is 0 Å². The van der Waals surface area contributed by atoms with Gasteiger partial charge in [0.25, 0.3) is 0 Å². The van der Waals surface area contributed by atoms with Crippen molar-refractivity contribution in [3.63, 3.8) is 0 Å². The van der Waals surface area contributed by atoms with E-state index in [1.54, 1.807) is 0 Å². The number of hydrogen-bond donors (Lipinski definition) is 0. The van der Waals surface area contributed by atoms with Crippen LogP contribution >= 0.6 is 8.25 Å². The Hall–Kier alpha value is 0.0200. The maximum Gasteiger partial charge on any atom is 0.697 e. The van der Waals surface area contributed by atoms with Crippen molar-refractivity contribution in [2.24, 2.45) is 11.8 Å². The van der Waals surface area contributed by atoms with Gasteiger partial charge in [0.15, 0.2) is 0 Å². The highest BCUT2D eigenvalue weighted by atomic mass is 31.1. The van der Waals surface area contributed by atoms with Gasteiger partial charge in [0.2, 0.25) is 0 Å². The highest BCUT2D eigenvalue weighted by Crippen LogP contribution is 2.29. The van der Waals surface area contributed by atoms with Crippen molar-refractivity contribution in [1.29, 1.82) is 0 Å². The van der Waals surface area contributed by atoms with E-state index in [0.717, 1.165) is 12.8 Å². The van der Waals surface area contributed by atoms with Gasteiger partial charge in [-0.25, -0.2) is 0 Å². The van der Waals surface area contributed by atoms with Crippen LogP contribution < -0.4 is 0 Å². The highest BCUT2D eigenvalue weighted by molar-refractivity contribution is 7.33. The summed E-state index contributed by atoms with van der Waals surface area (Å²) in [4.78, 5) is 0. The Labute approximate surface area is 203 Å². The topological polar surface area (TPSA) is 35.5 Å². The minimum atomic E-state index is -1.97. The van der Waals surface area contributed by atoms with Crippen molar-refractivity contribution in [2.75, 3.05) is 13.2 Å². The fraction of sp³-hybridized carbons (Fsp3) is 1.00. The third-order valence-corrected chi connectivity index (χ3v) is 7.64. The zero-order valence-electron chi connectivity index (χ0n) is 22.4. The summed E-state index contributed by atoms with van der Waals surface area (Å²) in [6.45, 7) is 10.1. The molecule has 0 spiro atoms. The number of hydrogen-bond acceptors (Lipinski definition) is 3. The molecule has 2 atom stereocenters. The Morgan fingerprint density at radius 3 is 1.12 bits per heavy atom. The summed E-state index contributed by atoms with van der Waals surface area (Å²) in [5, 5.41) is 0. The highest BCUT2D eigenvalue weighted by Gasteiger charge is 2.24. The Morgan fingerprint density at radius 1 is 0.500 bits per heavy atom. The predicted octanol–water partition coefficient (Wildman–Crippen LogP) is 10.8. The molecule has 0 saturated heterocycles. The molecule has 0 heterocycles. The molecule has 0 amide bonds. The molecule has 0 aromatic heterocycles. The maximum atomic E-state index is 12.2. The van der Waals surface area contributed by atoms with Crippen LogP contribution in [0.4, 0.5) is 0 Å². The molecule has 0 aromatic rings. The van der Waals surface area contributed by atoms with E-state index in [0.29, 0.717) is 25.0 Å². The van der Waals surface area contributed by atoms with Crippen molar-refractivity contribution >= 4 is 8.25 Å². The molecule has 0 rings (SSSR count). The van der Waals surface area contributed by atoms with E-state index in [-0.39, 0.29) is 0 Å². The Kier molecular flexibility index (Phi) is 25.7. The number of unbranched alkanes of at least 4 members (excludes halogenated alkanes) is 14.